The molecule has 2 aromatic rings. The minimum Gasteiger partial charge on any atom is -0.319 e. The topological polar surface area (TPSA) is 29.1 Å². The zero-order valence-corrected chi connectivity index (χ0v) is 11.4. The highest BCUT2D eigenvalue weighted by molar-refractivity contribution is 9.10. The van der Waals surface area contributed by atoms with Gasteiger partial charge in [-0.1, -0.05) is 33.6 Å². The molecular formula is C13H8BrClFNO. The van der Waals surface area contributed by atoms with E-state index >= 15 is 0 Å². The van der Waals surface area contributed by atoms with Gasteiger partial charge in [0, 0.05) is 15.1 Å². The fourth-order valence-corrected chi connectivity index (χ4v) is 1.99. The number of hydrogen-bond acceptors (Lipinski definition) is 1. The molecule has 0 bridgehead atoms. The molecule has 0 atom stereocenters. The predicted molar refractivity (Wildman–Crippen MR) is 73.5 cm³/mol. The highest BCUT2D eigenvalue weighted by Crippen LogP contribution is 2.20. The zero-order chi connectivity index (χ0) is 13.1. The van der Waals surface area contributed by atoms with E-state index in [4.69, 9.17) is 11.6 Å². The number of amides is 1. The Labute approximate surface area is 117 Å². The van der Waals surface area contributed by atoms with Gasteiger partial charge in [-0.05, 0) is 36.4 Å². The van der Waals surface area contributed by atoms with Crippen LogP contribution in [0.2, 0.25) is 5.02 Å². The molecule has 18 heavy (non-hydrogen) atoms. The summed E-state index contributed by atoms with van der Waals surface area (Å²) >= 11 is 9.01. The molecule has 0 aliphatic rings. The van der Waals surface area contributed by atoms with E-state index < -0.39 is 11.7 Å². The molecule has 0 aromatic heterocycles. The Hall–Kier alpha value is -1.39. The van der Waals surface area contributed by atoms with E-state index in [0.29, 0.717) is 10.6 Å². The van der Waals surface area contributed by atoms with Crippen LogP contribution < -0.4 is 5.32 Å². The smallest absolute Gasteiger partial charge is 0.255 e. The molecule has 0 aliphatic heterocycles. The zero-order valence-electron chi connectivity index (χ0n) is 9.08. The van der Waals surface area contributed by atoms with E-state index in [9.17, 15) is 9.18 Å². The molecule has 0 unspecified atom stereocenters. The fourth-order valence-electron chi connectivity index (χ4n) is 1.42. The summed E-state index contributed by atoms with van der Waals surface area (Å²) < 4.78 is 14.2. The van der Waals surface area contributed by atoms with Crippen molar-refractivity contribution in [3.63, 3.8) is 0 Å². The van der Waals surface area contributed by atoms with Gasteiger partial charge in [0.25, 0.3) is 5.91 Å². The number of carbonyl (C=O) groups excluding carboxylic acids is 1. The lowest BCUT2D eigenvalue weighted by molar-refractivity contribution is 0.102. The van der Waals surface area contributed by atoms with Gasteiger partial charge in [0.1, 0.15) is 5.82 Å². The Balaban J connectivity index is 2.24. The van der Waals surface area contributed by atoms with Gasteiger partial charge in [-0.3, -0.25) is 4.79 Å². The second-order valence-corrected chi connectivity index (χ2v) is 4.94. The molecule has 0 saturated carbocycles. The molecule has 92 valence electrons. The predicted octanol–water partition coefficient (Wildman–Crippen LogP) is 4.49. The average Bonchev–Trinajstić information content (AvgIpc) is 2.34. The molecule has 5 heteroatoms. The molecule has 0 saturated heterocycles. The third kappa shape index (κ3) is 3.09. The Kier molecular flexibility index (Phi) is 3.99. The van der Waals surface area contributed by atoms with Crippen LogP contribution in [0.4, 0.5) is 10.1 Å². The number of nitrogens with one attached hydrogen (secondary N) is 1. The van der Waals surface area contributed by atoms with Crippen LogP contribution in [0, 0.1) is 5.82 Å². The summed E-state index contributed by atoms with van der Waals surface area (Å²) in [5, 5.41) is 2.84. The molecule has 2 rings (SSSR count). The van der Waals surface area contributed by atoms with Crippen molar-refractivity contribution in [2.45, 2.75) is 0 Å². The van der Waals surface area contributed by atoms with Gasteiger partial charge >= 0.3 is 0 Å². The van der Waals surface area contributed by atoms with Gasteiger partial charge in [-0.25, -0.2) is 4.39 Å². The van der Waals surface area contributed by atoms with Crippen LogP contribution >= 0.6 is 27.5 Å². The molecule has 0 spiro atoms. The van der Waals surface area contributed by atoms with Crippen molar-refractivity contribution in [1.29, 1.82) is 0 Å². The van der Waals surface area contributed by atoms with E-state index in [0.717, 1.165) is 4.47 Å². The van der Waals surface area contributed by atoms with Crippen LogP contribution in [0.25, 0.3) is 0 Å². The number of carbonyl (C=O) groups is 1. The average molecular weight is 329 g/mol. The molecule has 2 nitrogen and oxygen atoms in total. The quantitative estimate of drug-likeness (QED) is 0.864. The maximum Gasteiger partial charge on any atom is 0.255 e. The van der Waals surface area contributed by atoms with Crippen molar-refractivity contribution < 1.29 is 9.18 Å². The number of hydrogen-bond donors (Lipinski definition) is 1. The first kappa shape index (κ1) is 13.1. The third-order valence-corrected chi connectivity index (χ3v) is 2.99. The molecule has 0 aliphatic carbocycles. The van der Waals surface area contributed by atoms with Gasteiger partial charge in [-0.15, -0.1) is 0 Å². The van der Waals surface area contributed by atoms with Crippen molar-refractivity contribution in [3.05, 3.63) is 63.3 Å². The van der Waals surface area contributed by atoms with Gasteiger partial charge in [0.05, 0.1) is 5.69 Å². The summed E-state index contributed by atoms with van der Waals surface area (Å²) in [5.74, 6) is -0.916. The van der Waals surface area contributed by atoms with Crippen LogP contribution in [0.3, 0.4) is 0 Å². The summed E-state index contributed by atoms with van der Waals surface area (Å²) in [4.78, 5) is 11.9. The Bertz CT molecular complexity index is 603. The van der Waals surface area contributed by atoms with Crippen LogP contribution in [-0.4, -0.2) is 5.91 Å². The summed E-state index contributed by atoms with van der Waals surface area (Å²) in [6.07, 6.45) is 0. The van der Waals surface area contributed by atoms with Crippen LogP contribution in [0.1, 0.15) is 10.4 Å². The second kappa shape index (κ2) is 5.50. The van der Waals surface area contributed by atoms with Gasteiger partial charge in [0.2, 0.25) is 0 Å². The SMILES string of the molecule is O=C(Nc1cc(Cl)ccc1F)c1cccc(Br)c1. The summed E-state index contributed by atoms with van der Waals surface area (Å²) in [6.45, 7) is 0. The van der Waals surface area contributed by atoms with E-state index in [2.05, 4.69) is 21.2 Å². The van der Waals surface area contributed by atoms with Crippen molar-refractivity contribution in [2.75, 3.05) is 5.32 Å². The standard InChI is InChI=1S/C13H8BrClFNO/c14-9-3-1-2-8(6-9)13(18)17-12-7-10(15)4-5-11(12)16/h1-7H,(H,17,18). The van der Waals surface area contributed by atoms with Crippen molar-refractivity contribution >= 4 is 39.1 Å². The molecular weight excluding hydrogens is 321 g/mol. The fraction of sp³-hybridized carbons (Fsp3) is 0. The monoisotopic (exact) mass is 327 g/mol. The van der Waals surface area contributed by atoms with Crippen LogP contribution in [0.15, 0.2) is 46.9 Å². The molecule has 0 heterocycles. The summed E-state index contributed by atoms with van der Waals surface area (Å²) in [6, 6.07) is 10.8. The molecule has 0 fully saturated rings. The van der Waals surface area contributed by atoms with Crippen molar-refractivity contribution in [2.24, 2.45) is 0 Å². The molecule has 2 aromatic carbocycles. The third-order valence-electron chi connectivity index (χ3n) is 2.26. The van der Waals surface area contributed by atoms with Crippen molar-refractivity contribution in [1.82, 2.24) is 0 Å². The number of rotatable bonds is 2. The van der Waals surface area contributed by atoms with E-state index in [1.54, 1.807) is 24.3 Å². The van der Waals surface area contributed by atoms with Crippen molar-refractivity contribution in [3.8, 4) is 0 Å². The first-order valence-electron chi connectivity index (χ1n) is 5.08. The van der Waals surface area contributed by atoms with E-state index in [1.165, 1.54) is 18.2 Å². The first-order chi connectivity index (χ1) is 8.56. The largest absolute Gasteiger partial charge is 0.319 e. The normalized spacial score (nSPS) is 10.2. The number of benzene rings is 2. The first-order valence-corrected chi connectivity index (χ1v) is 6.25. The molecule has 0 radical (unpaired) electrons. The van der Waals surface area contributed by atoms with E-state index in [1.807, 2.05) is 0 Å². The maximum atomic E-state index is 13.4. The molecule has 1 N–H and O–H groups in total. The summed E-state index contributed by atoms with van der Waals surface area (Å²) in [5.41, 5.74) is 0.497. The van der Waals surface area contributed by atoms with Gasteiger partial charge in [-0.2, -0.15) is 0 Å². The van der Waals surface area contributed by atoms with Crippen LogP contribution in [0.5, 0.6) is 0 Å². The summed E-state index contributed by atoms with van der Waals surface area (Å²) in [7, 11) is 0. The Morgan fingerprint density at radius 3 is 2.72 bits per heavy atom. The van der Waals surface area contributed by atoms with Gasteiger partial charge in [0.15, 0.2) is 0 Å². The van der Waals surface area contributed by atoms with Crippen LogP contribution in [-0.2, 0) is 0 Å². The second-order valence-electron chi connectivity index (χ2n) is 3.59. The number of halogens is 3. The highest BCUT2D eigenvalue weighted by atomic mass is 79.9. The number of anilines is 1. The minimum absolute atomic E-state index is 0.0625. The minimum atomic E-state index is -0.525. The van der Waals surface area contributed by atoms with E-state index in [-0.39, 0.29) is 5.69 Å². The molecule has 1 amide bonds. The lowest BCUT2D eigenvalue weighted by atomic mass is 10.2. The van der Waals surface area contributed by atoms with Gasteiger partial charge < -0.3 is 5.32 Å². The Morgan fingerprint density at radius 2 is 2.00 bits per heavy atom. The maximum absolute atomic E-state index is 13.4. The highest BCUT2D eigenvalue weighted by Gasteiger charge is 2.09. The lowest BCUT2D eigenvalue weighted by Gasteiger charge is -2.07. The lowest BCUT2D eigenvalue weighted by Crippen LogP contribution is -2.12. The Morgan fingerprint density at radius 1 is 1.22 bits per heavy atom.